The van der Waals surface area contributed by atoms with E-state index in [1.54, 1.807) is 31.2 Å². The van der Waals surface area contributed by atoms with Gasteiger partial charge < -0.3 is 14.8 Å². The van der Waals surface area contributed by atoms with E-state index in [1.807, 2.05) is 30.3 Å². The molecule has 0 heterocycles. The molecule has 0 aromatic heterocycles. The molecule has 1 atom stereocenters. The third-order valence-electron chi connectivity index (χ3n) is 4.05. The fourth-order valence-corrected chi connectivity index (χ4v) is 2.46. The Morgan fingerprint density at radius 1 is 1.00 bits per heavy atom. The predicted molar refractivity (Wildman–Crippen MR) is 105 cm³/mol. The quantitative estimate of drug-likeness (QED) is 0.505. The van der Waals surface area contributed by atoms with Gasteiger partial charge in [0.1, 0.15) is 5.75 Å². The molecule has 0 bridgehead atoms. The third kappa shape index (κ3) is 7.13. The van der Waals surface area contributed by atoms with Gasteiger partial charge in [-0.25, -0.2) is 4.79 Å². The van der Waals surface area contributed by atoms with Gasteiger partial charge in [0.2, 0.25) is 0 Å². The van der Waals surface area contributed by atoms with E-state index in [9.17, 15) is 9.59 Å². The molecular weight excluding hydrogens is 342 g/mol. The van der Waals surface area contributed by atoms with Crippen LogP contribution in [0.2, 0.25) is 0 Å². The van der Waals surface area contributed by atoms with Crippen molar-refractivity contribution in [3.8, 4) is 5.75 Å². The summed E-state index contributed by atoms with van der Waals surface area (Å²) < 4.78 is 10.8. The standard InChI is InChI=1S/C22H27NO4/c1-3-4-8-15-26-22(25)17(2)27-20-13-11-19(12-14-20)21(24)23-16-18-9-6-5-7-10-18/h5-7,9-14,17H,3-4,8,15-16H2,1-2H3,(H,23,24)/t17-/m1/s1. The highest BCUT2D eigenvalue weighted by atomic mass is 16.6. The molecule has 5 heteroatoms. The van der Waals surface area contributed by atoms with Crippen LogP contribution in [0.3, 0.4) is 0 Å². The average Bonchev–Trinajstić information content (AvgIpc) is 2.70. The number of unbranched alkanes of at least 4 members (excludes halogenated alkanes) is 2. The Morgan fingerprint density at radius 3 is 2.37 bits per heavy atom. The van der Waals surface area contributed by atoms with Gasteiger partial charge in [-0.1, -0.05) is 50.1 Å². The lowest BCUT2D eigenvalue weighted by Crippen LogP contribution is -2.26. The maximum absolute atomic E-state index is 12.2. The van der Waals surface area contributed by atoms with Crippen molar-refractivity contribution in [2.45, 2.75) is 45.8 Å². The summed E-state index contributed by atoms with van der Waals surface area (Å²) in [5, 5.41) is 2.87. The van der Waals surface area contributed by atoms with Crippen LogP contribution in [0.5, 0.6) is 5.75 Å². The van der Waals surface area contributed by atoms with Gasteiger partial charge in [0.25, 0.3) is 5.91 Å². The van der Waals surface area contributed by atoms with Crippen LogP contribution in [-0.2, 0) is 16.1 Å². The second kappa shape index (κ2) is 11.0. The number of esters is 1. The molecule has 0 spiro atoms. The molecule has 2 aromatic carbocycles. The minimum Gasteiger partial charge on any atom is -0.479 e. The summed E-state index contributed by atoms with van der Waals surface area (Å²) in [5.74, 6) is -0.0165. The summed E-state index contributed by atoms with van der Waals surface area (Å²) in [5.41, 5.74) is 1.57. The van der Waals surface area contributed by atoms with Crippen molar-refractivity contribution in [2.75, 3.05) is 6.61 Å². The molecule has 0 unspecified atom stereocenters. The van der Waals surface area contributed by atoms with Crippen LogP contribution in [0.15, 0.2) is 54.6 Å². The summed E-state index contributed by atoms with van der Waals surface area (Å²) in [6, 6.07) is 16.4. The van der Waals surface area contributed by atoms with Gasteiger partial charge in [0, 0.05) is 12.1 Å². The molecule has 0 saturated carbocycles. The number of carbonyl (C=O) groups is 2. The van der Waals surface area contributed by atoms with Gasteiger partial charge >= 0.3 is 5.97 Å². The second-order valence-electron chi connectivity index (χ2n) is 6.33. The van der Waals surface area contributed by atoms with Gasteiger partial charge in [-0.2, -0.15) is 0 Å². The minimum absolute atomic E-state index is 0.159. The summed E-state index contributed by atoms with van der Waals surface area (Å²) in [4.78, 5) is 24.1. The van der Waals surface area contributed by atoms with Crippen molar-refractivity contribution in [1.82, 2.24) is 5.32 Å². The SMILES string of the molecule is CCCCCOC(=O)[C@@H](C)Oc1ccc(C(=O)NCc2ccccc2)cc1. The van der Waals surface area contributed by atoms with Crippen LogP contribution in [0.1, 0.15) is 49.0 Å². The summed E-state index contributed by atoms with van der Waals surface area (Å²) >= 11 is 0. The molecule has 27 heavy (non-hydrogen) atoms. The highest BCUT2D eigenvalue weighted by molar-refractivity contribution is 5.94. The van der Waals surface area contributed by atoms with Crippen LogP contribution >= 0.6 is 0 Å². The van der Waals surface area contributed by atoms with Gasteiger partial charge in [-0.15, -0.1) is 0 Å². The first-order chi connectivity index (χ1) is 13.1. The Morgan fingerprint density at radius 2 is 1.70 bits per heavy atom. The van der Waals surface area contributed by atoms with Crippen molar-refractivity contribution < 1.29 is 19.1 Å². The summed E-state index contributed by atoms with van der Waals surface area (Å²) in [6.07, 6.45) is 2.29. The Hall–Kier alpha value is -2.82. The van der Waals surface area contributed by atoms with E-state index in [0.29, 0.717) is 24.5 Å². The largest absolute Gasteiger partial charge is 0.479 e. The smallest absolute Gasteiger partial charge is 0.347 e. The molecule has 0 aliphatic rings. The maximum atomic E-state index is 12.2. The van der Waals surface area contributed by atoms with Crippen LogP contribution < -0.4 is 10.1 Å². The number of hydrogen-bond donors (Lipinski definition) is 1. The molecule has 0 saturated heterocycles. The zero-order valence-corrected chi connectivity index (χ0v) is 15.9. The number of benzene rings is 2. The van der Waals surface area contributed by atoms with E-state index in [2.05, 4.69) is 12.2 Å². The Kier molecular flexibility index (Phi) is 8.36. The van der Waals surface area contributed by atoms with Crippen LogP contribution in [0.4, 0.5) is 0 Å². The average molecular weight is 369 g/mol. The molecule has 1 N–H and O–H groups in total. The zero-order valence-electron chi connectivity index (χ0n) is 15.9. The number of rotatable bonds is 10. The normalized spacial score (nSPS) is 11.5. The van der Waals surface area contributed by atoms with E-state index >= 15 is 0 Å². The molecule has 0 aliphatic carbocycles. The number of nitrogens with one attached hydrogen (secondary N) is 1. The fourth-order valence-electron chi connectivity index (χ4n) is 2.46. The monoisotopic (exact) mass is 369 g/mol. The van der Waals surface area contributed by atoms with Crippen molar-refractivity contribution in [1.29, 1.82) is 0 Å². The first-order valence-corrected chi connectivity index (χ1v) is 9.35. The Labute approximate surface area is 160 Å². The topological polar surface area (TPSA) is 64.6 Å². The van der Waals surface area contributed by atoms with Crippen LogP contribution in [0.25, 0.3) is 0 Å². The minimum atomic E-state index is -0.690. The number of ether oxygens (including phenoxy) is 2. The van der Waals surface area contributed by atoms with Crippen molar-refractivity contribution in [3.63, 3.8) is 0 Å². The van der Waals surface area contributed by atoms with E-state index in [1.165, 1.54) is 0 Å². The van der Waals surface area contributed by atoms with Crippen LogP contribution in [0, 0.1) is 0 Å². The maximum Gasteiger partial charge on any atom is 0.347 e. The number of carbonyl (C=O) groups excluding carboxylic acids is 2. The molecule has 2 aromatic rings. The van der Waals surface area contributed by atoms with Crippen molar-refractivity contribution in [3.05, 3.63) is 65.7 Å². The second-order valence-corrected chi connectivity index (χ2v) is 6.33. The molecule has 5 nitrogen and oxygen atoms in total. The zero-order chi connectivity index (χ0) is 19.5. The van der Waals surface area contributed by atoms with Gasteiger partial charge in [-0.05, 0) is 43.2 Å². The van der Waals surface area contributed by atoms with E-state index < -0.39 is 6.10 Å². The van der Waals surface area contributed by atoms with E-state index in [-0.39, 0.29) is 11.9 Å². The van der Waals surface area contributed by atoms with Crippen LogP contribution in [-0.4, -0.2) is 24.6 Å². The summed E-state index contributed by atoms with van der Waals surface area (Å²) in [6.45, 7) is 4.64. The number of hydrogen-bond acceptors (Lipinski definition) is 4. The molecule has 0 radical (unpaired) electrons. The van der Waals surface area contributed by atoms with E-state index in [4.69, 9.17) is 9.47 Å². The predicted octanol–water partition coefficient (Wildman–Crippen LogP) is 4.12. The third-order valence-corrected chi connectivity index (χ3v) is 4.05. The first kappa shape index (κ1) is 20.5. The van der Waals surface area contributed by atoms with Crippen molar-refractivity contribution in [2.24, 2.45) is 0 Å². The van der Waals surface area contributed by atoms with Gasteiger partial charge in [0.15, 0.2) is 6.10 Å². The Balaban J connectivity index is 1.79. The molecule has 0 fully saturated rings. The molecule has 0 aliphatic heterocycles. The number of amides is 1. The molecule has 2 rings (SSSR count). The lowest BCUT2D eigenvalue weighted by molar-refractivity contribution is -0.151. The highest BCUT2D eigenvalue weighted by Gasteiger charge is 2.16. The lowest BCUT2D eigenvalue weighted by atomic mass is 10.2. The van der Waals surface area contributed by atoms with E-state index in [0.717, 1.165) is 24.8 Å². The fraction of sp³-hybridized carbons (Fsp3) is 0.364. The molecule has 1 amide bonds. The Bertz CT molecular complexity index is 713. The van der Waals surface area contributed by atoms with Gasteiger partial charge in [-0.3, -0.25) is 4.79 Å². The lowest BCUT2D eigenvalue weighted by Gasteiger charge is -2.14. The molecular formula is C22H27NO4. The first-order valence-electron chi connectivity index (χ1n) is 9.35. The highest BCUT2D eigenvalue weighted by Crippen LogP contribution is 2.15. The van der Waals surface area contributed by atoms with Gasteiger partial charge in [0.05, 0.1) is 6.61 Å². The molecule has 144 valence electrons. The van der Waals surface area contributed by atoms with Crippen molar-refractivity contribution >= 4 is 11.9 Å². The summed E-state index contributed by atoms with van der Waals surface area (Å²) in [7, 11) is 0.